The molecule has 0 bridgehead atoms. The highest BCUT2D eigenvalue weighted by Gasteiger charge is 2.16. The van der Waals surface area contributed by atoms with E-state index in [2.05, 4.69) is 11.1 Å². The monoisotopic (exact) mass is 371 g/mol. The van der Waals surface area contributed by atoms with E-state index in [9.17, 15) is 0 Å². The van der Waals surface area contributed by atoms with Gasteiger partial charge in [-0.05, 0) is 47.0 Å². The first-order valence-electron chi connectivity index (χ1n) is 8.78. The minimum absolute atomic E-state index is 0.0842. The molecule has 3 N–H and O–H groups in total. The van der Waals surface area contributed by atoms with E-state index in [1.54, 1.807) is 30.3 Å². The van der Waals surface area contributed by atoms with E-state index in [0.717, 1.165) is 22.4 Å². The van der Waals surface area contributed by atoms with Gasteiger partial charge >= 0.3 is 0 Å². The van der Waals surface area contributed by atoms with Gasteiger partial charge in [0.2, 0.25) is 0 Å². The van der Waals surface area contributed by atoms with E-state index in [4.69, 9.17) is 21.1 Å². The molecular formula is C22H21N5O. The fourth-order valence-electron chi connectivity index (χ4n) is 2.92. The first-order valence-corrected chi connectivity index (χ1v) is 8.78. The summed E-state index contributed by atoms with van der Waals surface area (Å²) in [6, 6.07) is 21.1. The lowest BCUT2D eigenvalue weighted by atomic mass is 10.0. The van der Waals surface area contributed by atoms with Gasteiger partial charge in [-0.1, -0.05) is 30.3 Å². The number of aromatic nitrogens is 1. The summed E-state index contributed by atoms with van der Waals surface area (Å²) in [5.74, 6) is 1.37. The third kappa shape index (κ3) is 4.46. The maximum Gasteiger partial charge on any atom is 0.194 e. The summed E-state index contributed by atoms with van der Waals surface area (Å²) in [5.41, 5.74) is 9.48. The van der Waals surface area contributed by atoms with Gasteiger partial charge in [0, 0.05) is 12.6 Å². The average Bonchev–Trinajstić information content (AvgIpc) is 2.73. The van der Waals surface area contributed by atoms with Gasteiger partial charge in [0.25, 0.3) is 0 Å². The van der Waals surface area contributed by atoms with Crippen LogP contribution in [0, 0.1) is 16.7 Å². The highest BCUT2D eigenvalue weighted by atomic mass is 16.5. The number of benzene rings is 2. The van der Waals surface area contributed by atoms with E-state index in [1.165, 1.54) is 0 Å². The molecule has 0 spiro atoms. The van der Waals surface area contributed by atoms with Crippen molar-refractivity contribution in [1.82, 2.24) is 4.98 Å². The van der Waals surface area contributed by atoms with Crippen molar-refractivity contribution < 1.29 is 4.74 Å². The van der Waals surface area contributed by atoms with Crippen LogP contribution in [0.1, 0.15) is 22.3 Å². The minimum Gasteiger partial charge on any atom is -0.497 e. The number of pyridine rings is 1. The van der Waals surface area contributed by atoms with Gasteiger partial charge in [-0.25, -0.2) is 4.98 Å². The summed E-state index contributed by atoms with van der Waals surface area (Å²) in [7, 11) is 1.64. The third-order valence-electron chi connectivity index (χ3n) is 4.39. The molecule has 0 unspecified atom stereocenters. The molecule has 2 aromatic carbocycles. The number of rotatable bonds is 6. The number of nitrogens with one attached hydrogen (secondary N) is 1. The second-order valence-electron chi connectivity index (χ2n) is 6.29. The molecule has 1 aromatic heterocycles. The summed E-state index contributed by atoms with van der Waals surface area (Å²) >= 11 is 0. The smallest absolute Gasteiger partial charge is 0.194 e. The van der Waals surface area contributed by atoms with E-state index in [0.29, 0.717) is 24.3 Å². The average molecular weight is 371 g/mol. The predicted molar refractivity (Wildman–Crippen MR) is 109 cm³/mol. The van der Waals surface area contributed by atoms with Crippen molar-refractivity contribution in [1.29, 1.82) is 10.7 Å². The van der Waals surface area contributed by atoms with Crippen LogP contribution in [0.3, 0.4) is 0 Å². The van der Waals surface area contributed by atoms with Crippen LogP contribution >= 0.6 is 0 Å². The molecule has 1 heterocycles. The topological polar surface area (TPSA) is 99.0 Å². The summed E-state index contributed by atoms with van der Waals surface area (Å²) < 4.78 is 5.21. The molecule has 140 valence electrons. The van der Waals surface area contributed by atoms with Crippen molar-refractivity contribution in [2.24, 2.45) is 5.73 Å². The standard InChI is InChI=1S/C22H21N5O/c1-28-20-10-8-16(9-11-20)13-19-3-2-12-26-21(19)27(22(24)25)15-18-6-4-17(14-23)5-7-18/h2-12H,13,15H2,1H3,(H3,24,25). The quantitative estimate of drug-likeness (QED) is 0.511. The van der Waals surface area contributed by atoms with Crippen molar-refractivity contribution in [2.45, 2.75) is 13.0 Å². The number of nitriles is 1. The van der Waals surface area contributed by atoms with Crippen LogP contribution in [0.5, 0.6) is 5.75 Å². The molecule has 0 aliphatic carbocycles. The molecule has 0 saturated heterocycles. The van der Waals surface area contributed by atoms with E-state index < -0.39 is 0 Å². The summed E-state index contributed by atoms with van der Waals surface area (Å²) in [6.07, 6.45) is 2.35. The molecule has 28 heavy (non-hydrogen) atoms. The molecule has 3 aromatic rings. The Kier molecular flexibility index (Phi) is 5.87. The third-order valence-corrected chi connectivity index (χ3v) is 4.39. The second kappa shape index (κ2) is 8.69. The van der Waals surface area contributed by atoms with Crippen LogP contribution in [0.4, 0.5) is 5.82 Å². The Balaban J connectivity index is 1.88. The van der Waals surface area contributed by atoms with Crippen LogP contribution in [-0.4, -0.2) is 18.1 Å². The lowest BCUT2D eigenvalue weighted by Crippen LogP contribution is -2.37. The Morgan fingerprint density at radius 2 is 1.79 bits per heavy atom. The molecule has 0 radical (unpaired) electrons. The van der Waals surface area contributed by atoms with Gasteiger partial charge in [-0.2, -0.15) is 5.26 Å². The summed E-state index contributed by atoms with van der Waals surface area (Å²) in [4.78, 5) is 6.16. The second-order valence-corrected chi connectivity index (χ2v) is 6.29. The molecule has 6 nitrogen and oxygen atoms in total. The highest BCUT2D eigenvalue weighted by Crippen LogP contribution is 2.23. The van der Waals surface area contributed by atoms with Crippen molar-refractivity contribution >= 4 is 11.8 Å². The molecule has 0 aliphatic rings. The zero-order valence-electron chi connectivity index (χ0n) is 15.6. The molecule has 3 rings (SSSR count). The van der Waals surface area contributed by atoms with E-state index in [1.807, 2.05) is 48.5 Å². The first-order chi connectivity index (χ1) is 13.6. The SMILES string of the molecule is COc1ccc(Cc2cccnc2N(Cc2ccc(C#N)cc2)C(=N)N)cc1. The molecule has 0 saturated carbocycles. The van der Waals surface area contributed by atoms with Crippen LogP contribution in [0.15, 0.2) is 66.9 Å². The van der Waals surface area contributed by atoms with Crippen molar-refractivity contribution in [2.75, 3.05) is 12.0 Å². The van der Waals surface area contributed by atoms with Crippen molar-refractivity contribution in [3.05, 3.63) is 89.1 Å². The molecule has 0 amide bonds. The largest absolute Gasteiger partial charge is 0.497 e. The van der Waals surface area contributed by atoms with E-state index in [-0.39, 0.29) is 5.96 Å². The molecule has 0 aliphatic heterocycles. The Morgan fingerprint density at radius 1 is 1.11 bits per heavy atom. The maximum absolute atomic E-state index is 8.95. The fraction of sp³-hybridized carbons (Fsp3) is 0.136. The lowest BCUT2D eigenvalue weighted by molar-refractivity contribution is 0.414. The normalized spacial score (nSPS) is 10.1. The number of hydrogen-bond donors (Lipinski definition) is 2. The van der Waals surface area contributed by atoms with Crippen molar-refractivity contribution in [3.8, 4) is 11.8 Å². The van der Waals surface area contributed by atoms with Crippen molar-refractivity contribution in [3.63, 3.8) is 0 Å². The Bertz CT molecular complexity index is 991. The Hall–Kier alpha value is -3.85. The number of guanidine groups is 1. The van der Waals surface area contributed by atoms with Gasteiger partial charge in [-0.3, -0.25) is 10.3 Å². The Morgan fingerprint density at radius 3 is 2.39 bits per heavy atom. The van der Waals surface area contributed by atoms with Gasteiger partial charge in [0.05, 0.1) is 25.3 Å². The van der Waals surface area contributed by atoms with Gasteiger partial charge in [0.15, 0.2) is 5.96 Å². The maximum atomic E-state index is 8.95. The number of hydrogen-bond acceptors (Lipinski definition) is 4. The highest BCUT2D eigenvalue weighted by molar-refractivity contribution is 5.92. The number of nitrogens with two attached hydrogens (primary N) is 1. The Labute approximate surface area is 164 Å². The molecule has 6 heteroatoms. The van der Waals surface area contributed by atoms with Crippen LogP contribution in [0.25, 0.3) is 0 Å². The van der Waals surface area contributed by atoms with Gasteiger partial charge in [-0.15, -0.1) is 0 Å². The fourth-order valence-corrected chi connectivity index (χ4v) is 2.92. The van der Waals surface area contributed by atoms with E-state index >= 15 is 0 Å². The van der Waals surface area contributed by atoms with Crippen LogP contribution < -0.4 is 15.4 Å². The number of ether oxygens (including phenoxy) is 1. The first kappa shape index (κ1) is 18.9. The summed E-state index contributed by atoms with van der Waals surface area (Å²) in [6.45, 7) is 0.396. The van der Waals surface area contributed by atoms with Gasteiger partial charge < -0.3 is 10.5 Å². The predicted octanol–water partition coefficient (Wildman–Crippen LogP) is 3.45. The van der Waals surface area contributed by atoms with Crippen LogP contribution in [0.2, 0.25) is 0 Å². The zero-order valence-corrected chi connectivity index (χ0v) is 15.6. The zero-order chi connectivity index (χ0) is 19.9. The summed E-state index contributed by atoms with van der Waals surface area (Å²) in [5, 5.41) is 17.0. The lowest BCUT2D eigenvalue weighted by Gasteiger charge is -2.24. The molecule has 0 atom stereocenters. The molecular weight excluding hydrogens is 350 g/mol. The number of nitrogens with zero attached hydrogens (tertiary/aromatic N) is 3. The van der Waals surface area contributed by atoms with Gasteiger partial charge in [0.1, 0.15) is 11.6 Å². The minimum atomic E-state index is -0.0842. The number of anilines is 1. The molecule has 0 fully saturated rings. The number of methoxy groups -OCH3 is 1. The van der Waals surface area contributed by atoms with Crippen LogP contribution in [-0.2, 0) is 13.0 Å².